The summed E-state index contributed by atoms with van der Waals surface area (Å²) >= 11 is 0. The van der Waals surface area contributed by atoms with Crippen LogP contribution >= 0.6 is 0 Å². The second-order valence-electron chi connectivity index (χ2n) is 6.56. The van der Waals surface area contributed by atoms with Crippen LogP contribution in [0.4, 0.5) is 4.39 Å². The molecule has 3 rings (SSSR count). The molecule has 2 heterocycles. The summed E-state index contributed by atoms with van der Waals surface area (Å²) in [4.78, 5) is 16.3. The Labute approximate surface area is 146 Å². The number of carbonyl (C=O) groups is 1. The maximum absolute atomic E-state index is 14.3. The summed E-state index contributed by atoms with van der Waals surface area (Å²) in [6, 6.07) is 1.27. The molecule has 0 saturated carbocycles. The molecular formula is C19H22FNO4. The Morgan fingerprint density at radius 2 is 2.40 bits per heavy atom. The van der Waals surface area contributed by atoms with Crippen molar-refractivity contribution in [2.24, 2.45) is 11.8 Å². The van der Waals surface area contributed by atoms with Gasteiger partial charge in [-0.3, -0.25) is 4.79 Å². The first-order chi connectivity index (χ1) is 12.0. The number of methoxy groups -OCH3 is 1. The van der Waals surface area contributed by atoms with E-state index in [0.29, 0.717) is 30.6 Å². The maximum Gasteiger partial charge on any atom is 0.215 e. The highest BCUT2D eigenvalue weighted by Gasteiger charge is 2.51. The van der Waals surface area contributed by atoms with Crippen LogP contribution in [0.2, 0.25) is 0 Å². The van der Waals surface area contributed by atoms with Crippen molar-refractivity contribution in [1.29, 1.82) is 0 Å². The maximum atomic E-state index is 14.3. The van der Waals surface area contributed by atoms with Crippen molar-refractivity contribution >= 4 is 5.78 Å². The van der Waals surface area contributed by atoms with E-state index in [9.17, 15) is 9.18 Å². The second-order valence-corrected chi connectivity index (χ2v) is 6.56. The summed E-state index contributed by atoms with van der Waals surface area (Å²) in [7, 11) is 1.45. The van der Waals surface area contributed by atoms with Gasteiger partial charge in [-0.05, 0) is 25.2 Å². The fourth-order valence-electron chi connectivity index (χ4n) is 3.61. The second kappa shape index (κ2) is 6.96. The molecular weight excluding hydrogens is 325 g/mol. The van der Waals surface area contributed by atoms with E-state index in [-0.39, 0.29) is 36.1 Å². The summed E-state index contributed by atoms with van der Waals surface area (Å²) in [6.45, 7) is 5.81. The molecule has 0 aromatic carbocycles. The van der Waals surface area contributed by atoms with E-state index < -0.39 is 5.60 Å². The Hall–Kier alpha value is -2.21. The van der Waals surface area contributed by atoms with Gasteiger partial charge in [-0.15, -0.1) is 6.58 Å². The number of rotatable bonds is 6. The third-order valence-corrected chi connectivity index (χ3v) is 5.06. The van der Waals surface area contributed by atoms with E-state index in [1.165, 1.54) is 25.4 Å². The lowest BCUT2D eigenvalue weighted by Crippen LogP contribution is -2.45. The van der Waals surface area contributed by atoms with Gasteiger partial charge in [0.1, 0.15) is 17.2 Å². The third-order valence-electron chi connectivity index (χ3n) is 5.06. The topological polar surface area (TPSA) is 57.6 Å². The largest absolute Gasteiger partial charge is 0.481 e. The van der Waals surface area contributed by atoms with Crippen LogP contribution in [0.25, 0.3) is 0 Å². The van der Waals surface area contributed by atoms with Gasteiger partial charge in [0, 0.05) is 29.8 Å². The van der Waals surface area contributed by atoms with E-state index in [1.54, 1.807) is 6.08 Å². The minimum Gasteiger partial charge on any atom is -0.481 e. The quantitative estimate of drug-likeness (QED) is 0.740. The molecule has 25 heavy (non-hydrogen) atoms. The minimum atomic E-state index is -0.714. The number of fused-ring (bicyclic) bond motifs is 1. The molecule has 1 aromatic heterocycles. The van der Waals surface area contributed by atoms with E-state index in [4.69, 9.17) is 14.2 Å². The van der Waals surface area contributed by atoms with Gasteiger partial charge in [0.2, 0.25) is 5.88 Å². The number of carbonyl (C=O) groups excluding carboxylic acids is 1. The molecule has 1 aromatic rings. The van der Waals surface area contributed by atoms with Crippen molar-refractivity contribution in [3.63, 3.8) is 0 Å². The molecule has 1 saturated heterocycles. The smallest absolute Gasteiger partial charge is 0.215 e. The number of allylic oxidation sites excluding steroid dienone is 2. The summed E-state index contributed by atoms with van der Waals surface area (Å²) in [5.41, 5.74) is -0.233. The predicted octanol–water partition coefficient (Wildman–Crippen LogP) is 3.20. The van der Waals surface area contributed by atoms with Crippen molar-refractivity contribution in [2.45, 2.75) is 31.8 Å². The summed E-state index contributed by atoms with van der Waals surface area (Å²) in [5, 5.41) is 0. The van der Waals surface area contributed by atoms with Crippen molar-refractivity contribution in [3.8, 4) is 5.88 Å². The molecule has 0 amide bonds. The monoisotopic (exact) mass is 347 g/mol. The standard InChI is InChI=1S/C19H22FNO4/c1-4-5-13-9-19(17(8-16(13)22)24-11-25-19)12(2)6-14-10-21-18(23-3)7-15(14)20/h4,7-8,10,12-13H,1,5-6,9,11H2,2-3H3/t12-,13-,19+/m0/s1. The molecule has 1 fully saturated rings. The molecule has 1 aliphatic heterocycles. The average molecular weight is 347 g/mol. The van der Waals surface area contributed by atoms with E-state index in [1.807, 2.05) is 6.92 Å². The summed E-state index contributed by atoms with van der Waals surface area (Å²) in [5.74, 6) is 0.166. The zero-order valence-electron chi connectivity index (χ0n) is 14.5. The molecule has 134 valence electrons. The molecule has 0 N–H and O–H groups in total. The number of hydrogen-bond donors (Lipinski definition) is 0. The number of ketones is 1. The Morgan fingerprint density at radius 3 is 3.08 bits per heavy atom. The van der Waals surface area contributed by atoms with Crippen LogP contribution in [0.15, 0.2) is 36.8 Å². The fraction of sp³-hybridized carbons (Fsp3) is 0.474. The van der Waals surface area contributed by atoms with Gasteiger partial charge in [0.25, 0.3) is 0 Å². The van der Waals surface area contributed by atoms with Crippen LogP contribution in [0, 0.1) is 17.7 Å². The number of nitrogens with zero attached hydrogens (tertiary/aromatic N) is 1. The van der Waals surface area contributed by atoms with Crippen LogP contribution < -0.4 is 4.74 Å². The van der Waals surface area contributed by atoms with Crippen molar-refractivity contribution in [2.75, 3.05) is 13.9 Å². The molecule has 0 unspecified atom stereocenters. The number of halogens is 1. The van der Waals surface area contributed by atoms with Crippen molar-refractivity contribution in [1.82, 2.24) is 4.98 Å². The lowest BCUT2D eigenvalue weighted by Gasteiger charge is -2.38. The number of pyridine rings is 1. The van der Waals surface area contributed by atoms with Crippen LogP contribution in [-0.2, 0) is 20.7 Å². The van der Waals surface area contributed by atoms with Gasteiger partial charge in [-0.1, -0.05) is 13.0 Å². The molecule has 2 aliphatic rings. The highest BCUT2D eigenvalue weighted by atomic mass is 19.1. The molecule has 3 atom stereocenters. The Kier molecular flexibility index (Phi) is 4.90. The zero-order valence-corrected chi connectivity index (χ0v) is 14.5. The van der Waals surface area contributed by atoms with Gasteiger partial charge in [-0.2, -0.15) is 0 Å². The van der Waals surface area contributed by atoms with Crippen molar-refractivity contribution in [3.05, 3.63) is 48.1 Å². The van der Waals surface area contributed by atoms with Gasteiger partial charge < -0.3 is 14.2 Å². The van der Waals surface area contributed by atoms with Gasteiger partial charge in [-0.25, -0.2) is 9.37 Å². The van der Waals surface area contributed by atoms with E-state index in [0.717, 1.165) is 0 Å². The third kappa shape index (κ3) is 3.18. The minimum absolute atomic E-state index is 0.0283. The number of aromatic nitrogens is 1. The van der Waals surface area contributed by atoms with Gasteiger partial charge in [0.05, 0.1) is 7.11 Å². The summed E-state index contributed by atoms with van der Waals surface area (Å²) < 4.78 is 30.7. The SMILES string of the molecule is C=CC[C@H]1C[C@]2([C@@H](C)Cc3cnc(OC)cc3F)OCOC2=CC1=O. The summed E-state index contributed by atoms with van der Waals surface area (Å²) in [6.07, 6.45) is 6.26. The van der Waals surface area contributed by atoms with E-state index in [2.05, 4.69) is 11.6 Å². The first kappa shape index (κ1) is 17.6. The number of hydrogen-bond acceptors (Lipinski definition) is 5. The molecule has 5 nitrogen and oxygen atoms in total. The molecule has 0 radical (unpaired) electrons. The normalized spacial score (nSPS) is 26.4. The first-order valence-corrected chi connectivity index (χ1v) is 8.32. The van der Waals surface area contributed by atoms with Gasteiger partial charge in [0.15, 0.2) is 12.6 Å². The highest BCUT2D eigenvalue weighted by Crippen LogP contribution is 2.46. The Morgan fingerprint density at radius 1 is 1.60 bits per heavy atom. The van der Waals surface area contributed by atoms with Gasteiger partial charge >= 0.3 is 0 Å². The zero-order chi connectivity index (χ0) is 18.0. The Balaban J connectivity index is 1.86. The van der Waals surface area contributed by atoms with Crippen LogP contribution in [0.1, 0.15) is 25.3 Å². The average Bonchev–Trinajstić information content (AvgIpc) is 3.01. The van der Waals surface area contributed by atoms with Crippen LogP contribution in [0.3, 0.4) is 0 Å². The van der Waals surface area contributed by atoms with Crippen LogP contribution in [-0.4, -0.2) is 30.3 Å². The number of ether oxygens (including phenoxy) is 3. The lowest BCUT2D eigenvalue weighted by molar-refractivity contribution is -0.123. The highest BCUT2D eigenvalue weighted by molar-refractivity contribution is 5.93. The van der Waals surface area contributed by atoms with Crippen molar-refractivity contribution < 1.29 is 23.4 Å². The van der Waals surface area contributed by atoms with Crippen LogP contribution in [0.5, 0.6) is 5.88 Å². The fourth-order valence-corrected chi connectivity index (χ4v) is 3.61. The molecule has 0 spiro atoms. The molecule has 1 aliphatic carbocycles. The lowest BCUT2D eigenvalue weighted by atomic mass is 9.71. The Bertz CT molecular complexity index is 717. The first-order valence-electron chi connectivity index (χ1n) is 8.32. The molecule has 0 bridgehead atoms. The predicted molar refractivity (Wildman–Crippen MR) is 89.4 cm³/mol. The van der Waals surface area contributed by atoms with E-state index >= 15 is 0 Å². The molecule has 6 heteroatoms.